The van der Waals surface area contributed by atoms with E-state index in [-0.39, 0.29) is 18.3 Å². The van der Waals surface area contributed by atoms with Crippen molar-refractivity contribution in [2.45, 2.75) is 13.5 Å². The summed E-state index contributed by atoms with van der Waals surface area (Å²) in [6.45, 7) is 2.11. The first-order valence-corrected chi connectivity index (χ1v) is 8.56. The van der Waals surface area contributed by atoms with Gasteiger partial charge in [0.05, 0.1) is 24.3 Å². The van der Waals surface area contributed by atoms with Crippen molar-refractivity contribution in [3.8, 4) is 22.5 Å². The molecule has 4 aromatic rings. The molecule has 27 heavy (non-hydrogen) atoms. The zero-order chi connectivity index (χ0) is 18.8. The fourth-order valence-corrected chi connectivity index (χ4v) is 3.12. The van der Waals surface area contributed by atoms with Crippen LogP contribution in [0.15, 0.2) is 55.1 Å². The molecule has 0 aliphatic carbocycles. The number of esters is 1. The van der Waals surface area contributed by atoms with Crippen molar-refractivity contribution in [3.05, 3.63) is 60.9 Å². The molecule has 4 rings (SSSR count). The lowest BCUT2D eigenvalue weighted by atomic mass is 10.0. The molecule has 136 valence electrons. The number of carbonyl (C=O) groups is 1. The summed E-state index contributed by atoms with van der Waals surface area (Å²) in [6, 6.07) is 9.93. The number of pyridine rings is 1. The van der Waals surface area contributed by atoms with Gasteiger partial charge in [-0.3, -0.25) is 4.79 Å². The first-order chi connectivity index (χ1) is 13.2. The minimum absolute atomic E-state index is 0.0333. The van der Waals surface area contributed by atoms with Gasteiger partial charge in [-0.2, -0.15) is 0 Å². The maximum atomic E-state index is 13.4. The van der Waals surface area contributed by atoms with E-state index >= 15 is 0 Å². The summed E-state index contributed by atoms with van der Waals surface area (Å²) in [5, 5.41) is 0.909. The quantitative estimate of drug-likeness (QED) is 0.547. The SMILES string of the molecule is CCOC(=O)Cn1cnc(-c2ccc(F)cc2)c1-c1ccnc2[nH]ccc12. The van der Waals surface area contributed by atoms with Gasteiger partial charge in [0.2, 0.25) is 0 Å². The van der Waals surface area contributed by atoms with Gasteiger partial charge in [0.25, 0.3) is 0 Å². The van der Waals surface area contributed by atoms with Gasteiger partial charge in [-0.25, -0.2) is 14.4 Å². The lowest BCUT2D eigenvalue weighted by molar-refractivity contribution is -0.143. The zero-order valence-corrected chi connectivity index (χ0v) is 14.6. The van der Waals surface area contributed by atoms with Crippen LogP contribution in [0.1, 0.15) is 6.92 Å². The van der Waals surface area contributed by atoms with Crippen LogP contribution >= 0.6 is 0 Å². The highest BCUT2D eigenvalue weighted by atomic mass is 19.1. The smallest absolute Gasteiger partial charge is 0.325 e. The number of nitrogens with one attached hydrogen (secondary N) is 1. The Kier molecular flexibility index (Phi) is 4.42. The van der Waals surface area contributed by atoms with Gasteiger partial charge >= 0.3 is 5.97 Å². The van der Waals surface area contributed by atoms with Gasteiger partial charge in [0.1, 0.15) is 18.0 Å². The van der Waals surface area contributed by atoms with Gasteiger partial charge in [-0.05, 0) is 43.3 Å². The molecular formula is C20H17FN4O2. The molecule has 0 aliphatic rings. The van der Waals surface area contributed by atoms with E-state index in [9.17, 15) is 9.18 Å². The van der Waals surface area contributed by atoms with E-state index in [1.807, 2.05) is 18.3 Å². The lowest BCUT2D eigenvalue weighted by Crippen LogP contribution is -2.13. The van der Waals surface area contributed by atoms with Crippen molar-refractivity contribution in [2.75, 3.05) is 6.61 Å². The molecule has 0 aliphatic heterocycles. The zero-order valence-electron chi connectivity index (χ0n) is 14.6. The van der Waals surface area contributed by atoms with Crippen molar-refractivity contribution >= 4 is 17.0 Å². The van der Waals surface area contributed by atoms with E-state index in [0.717, 1.165) is 27.9 Å². The summed E-state index contributed by atoms with van der Waals surface area (Å²) in [5.41, 5.74) is 3.79. The Morgan fingerprint density at radius 2 is 2.00 bits per heavy atom. The number of H-pyrrole nitrogens is 1. The molecule has 0 atom stereocenters. The third-order valence-electron chi connectivity index (χ3n) is 4.28. The van der Waals surface area contributed by atoms with Crippen LogP contribution in [0.5, 0.6) is 0 Å². The van der Waals surface area contributed by atoms with Crippen LogP contribution in [0.4, 0.5) is 4.39 Å². The van der Waals surface area contributed by atoms with Crippen LogP contribution in [0.2, 0.25) is 0 Å². The van der Waals surface area contributed by atoms with E-state index < -0.39 is 0 Å². The highest BCUT2D eigenvalue weighted by Crippen LogP contribution is 2.35. The number of rotatable bonds is 5. The summed E-state index contributed by atoms with van der Waals surface area (Å²) in [5.74, 6) is -0.663. The average molecular weight is 364 g/mol. The number of ether oxygens (including phenoxy) is 1. The second kappa shape index (κ2) is 7.03. The van der Waals surface area contributed by atoms with E-state index in [1.54, 1.807) is 36.1 Å². The monoisotopic (exact) mass is 364 g/mol. The number of nitrogens with zero attached hydrogens (tertiary/aromatic N) is 3. The lowest BCUT2D eigenvalue weighted by Gasteiger charge is -2.11. The van der Waals surface area contributed by atoms with Crippen molar-refractivity contribution in [2.24, 2.45) is 0 Å². The third kappa shape index (κ3) is 3.19. The number of aromatic nitrogens is 4. The van der Waals surface area contributed by atoms with Crippen LogP contribution < -0.4 is 0 Å². The Balaban J connectivity index is 1.90. The first kappa shape index (κ1) is 17.0. The van der Waals surface area contributed by atoms with Gasteiger partial charge < -0.3 is 14.3 Å². The van der Waals surface area contributed by atoms with E-state index in [1.165, 1.54) is 12.1 Å². The highest BCUT2D eigenvalue weighted by molar-refractivity contribution is 5.96. The van der Waals surface area contributed by atoms with Gasteiger partial charge in [0.15, 0.2) is 0 Å². The van der Waals surface area contributed by atoms with Crippen molar-refractivity contribution in [1.29, 1.82) is 0 Å². The van der Waals surface area contributed by atoms with Gasteiger partial charge in [0, 0.05) is 28.9 Å². The summed E-state index contributed by atoms with van der Waals surface area (Å²) in [6.07, 6.45) is 5.11. The second-order valence-electron chi connectivity index (χ2n) is 5.98. The van der Waals surface area contributed by atoms with Crippen molar-refractivity contribution < 1.29 is 13.9 Å². The van der Waals surface area contributed by atoms with Crippen molar-refractivity contribution in [1.82, 2.24) is 19.5 Å². The summed E-state index contributed by atoms with van der Waals surface area (Å²) in [7, 11) is 0. The van der Waals surface area contributed by atoms with E-state index in [2.05, 4.69) is 15.0 Å². The summed E-state index contributed by atoms with van der Waals surface area (Å²) in [4.78, 5) is 24.0. The van der Waals surface area contributed by atoms with E-state index in [4.69, 9.17) is 4.74 Å². The molecule has 0 radical (unpaired) electrons. The molecule has 0 amide bonds. The molecule has 0 fully saturated rings. The number of carbonyl (C=O) groups excluding carboxylic acids is 1. The molecule has 3 heterocycles. The molecular weight excluding hydrogens is 347 g/mol. The minimum atomic E-state index is -0.346. The Hall–Kier alpha value is -3.48. The maximum Gasteiger partial charge on any atom is 0.325 e. The Bertz CT molecular complexity index is 1100. The van der Waals surface area contributed by atoms with Gasteiger partial charge in [-0.1, -0.05) is 0 Å². The molecule has 3 aromatic heterocycles. The van der Waals surface area contributed by atoms with Crippen LogP contribution in [-0.2, 0) is 16.1 Å². The number of benzene rings is 1. The molecule has 0 spiro atoms. The highest BCUT2D eigenvalue weighted by Gasteiger charge is 2.19. The molecule has 1 N–H and O–H groups in total. The molecule has 1 aromatic carbocycles. The topological polar surface area (TPSA) is 72.8 Å². The maximum absolute atomic E-state index is 13.4. The van der Waals surface area contributed by atoms with E-state index in [0.29, 0.717) is 12.3 Å². The Labute approximate surface area is 154 Å². The Morgan fingerprint density at radius 1 is 1.19 bits per heavy atom. The summed E-state index contributed by atoms with van der Waals surface area (Å²) >= 11 is 0. The predicted molar refractivity (Wildman–Crippen MR) is 99.3 cm³/mol. The normalized spacial score (nSPS) is 11.0. The molecule has 0 saturated carbocycles. The number of hydrogen-bond donors (Lipinski definition) is 1. The standard InChI is InChI=1S/C20H17FN4O2/c1-2-27-17(26)11-25-12-24-18(13-3-5-14(21)6-4-13)19(25)15-7-9-22-20-16(15)8-10-23-20/h3-10,12H,2,11H2,1H3,(H,22,23). The largest absolute Gasteiger partial charge is 0.465 e. The third-order valence-corrected chi connectivity index (χ3v) is 4.28. The first-order valence-electron chi connectivity index (χ1n) is 8.56. The molecule has 0 unspecified atom stereocenters. The fourth-order valence-electron chi connectivity index (χ4n) is 3.12. The number of imidazole rings is 1. The number of hydrogen-bond acceptors (Lipinski definition) is 4. The molecule has 7 heteroatoms. The molecule has 0 bridgehead atoms. The average Bonchev–Trinajstić information content (AvgIpc) is 3.29. The number of aromatic amines is 1. The van der Waals surface area contributed by atoms with Crippen LogP contribution in [-0.4, -0.2) is 32.1 Å². The van der Waals surface area contributed by atoms with Gasteiger partial charge in [-0.15, -0.1) is 0 Å². The van der Waals surface area contributed by atoms with Crippen molar-refractivity contribution in [3.63, 3.8) is 0 Å². The van der Waals surface area contributed by atoms with Crippen LogP contribution in [0.3, 0.4) is 0 Å². The molecule has 0 saturated heterocycles. The number of halogens is 1. The summed E-state index contributed by atoms with van der Waals surface area (Å²) < 4.78 is 20.2. The predicted octanol–water partition coefficient (Wildman–Crippen LogP) is 3.80. The molecule has 6 nitrogen and oxygen atoms in total. The minimum Gasteiger partial charge on any atom is -0.465 e. The second-order valence-corrected chi connectivity index (χ2v) is 5.98. The van der Waals surface area contributed by atoms with Crippen LogP contribution in [0, 0.1) is 5.82 Å². The fraction of sp³-hybridized carbons (Fsp3) is 0.150. The number of fused-ring (bicyclic) bond motifs is 1. The Morgan fingerprint density at radius 3 is 2.78 bits per heavy atom. The van der Waals surface area contributed by atoms with Crippen LogP contribution in [0.25, 0.3) is 33.5 Å².